The molecule has 0 unspecified atom stereocenters. The molecule has 29 heavy (non-hydrogen) atoms. The second-order valence-electron chi connectivity index (χ2n) is 7.04. The van der Waals surface area contributed by atoms with Gasteiger partial charge in [-0.1, -0.05) is 48.5 Å². The highest BCUT2D eigenvalue weighted by molar-refractivity contribution is 5.92. The van der Waals surface area contributed by atoms with Crippen LogP contribution in [0.1, 0.15) is 13.8 Å². The fourth-order valence-electron chi connectivity index (χ4n) is 2.97. The molecular weight excluding hydrogens is 366 g/mol. The van der Waals surface area contributed by atoms with Crippen LogP contribution < -0.4 is 11.1 Å². The monoisotopic (exact) mass is 391 g/mol. The topological polar surface area (TPSA) is 93.2 Å². The summed E-state index contributed by atoms with van der Waals surface area (Å²) in [6.07, 6.45) is 0. The average Bonchev–Trinajstić information content (AvgIpc) is 3.12. The van der Waals surface area contributed by atoms with Crippen molar-refractivity contribution in [3.8, 4) is 16.9 Å². The van der Waals surface area contributed by atoms with Gasteiger partial charge in [0.25, 0.3) is 0 Å². The van der Waals surface area contributed by atoms with E-state index < -0.39 is 5.91 Å². The lowest BCUT2D eigenvalue weighted by atomic mass is 10.1. The lowest BCUT2D eigenvalue weighted by Gasteiger charge is -2.24. The number of carbonyl (C=O) groups excluding carboxylic acids is 2. The maximum Gasteiger partial charge on any atom is 0.239 e. The van der Waals surface area contributed by atoms with E-state index in [0.717, 1.165) is 16.9 Å². The molecule has 0 radical (unpaired) electrons. The smallest absolute Gasteiger partial charge is 0.239 e. The normalized spacial score (nSPS) is 11.0. The third-order valence-corrected chi connectivity index (χ3v) is 4.48. The molecule has 1 aromatic heterocycles. The van der Waals surface area contributed by atoms with Crippen molar-refractivity contribution in [2.24, 2.45) is 5.73 Å². The lowest BCUT2D eigenvalue weighted by Crippen LogP contribution is -2.43. The van der Waals surface area contributed by atoms with E-state index in [0.29, 0.717) is 5.82 Å². The Morgan fingerprint density at radius 2 is 1.66 bits per heavy atom. The molecule has 0 fully saturated rings. The molecule has 0 aliphatic heterocycles. The summed E-state index contributed by atoms with van der Waals surface area (Å²) in [5, 5.41) is 7.61. The Labute approximate surface area is 170 Å². The van der Waals surface area contributed by atoms with E-state index in [1.807, 2.05) is 80.6 Å². The molecule has 1 heterocycles. The molecule has 0 bridgehead atoms. The van der Waals surface area contributed by atoms with Gasteiger partial charge in [-0.05, 0) is 26.0 Å². The van der Waals surface area contributed by atoms with Crippen LogP contribution in [-0.4, -0.2) is 45.6 Å². The maximum absolute atomic E-state index is 12.7. The number of nitrogens with one attached hydrogen (secondary N) is 1. The Balaban J connectivity index is 1.88. The Morgan fingerprint density at radius 3 is 2.24 bits per heavy atom. The number of nitrogens with zero attached hydrogens (tertiary/aromatic N) is 3. The van der Waals surface area contributed by atoms with Gasteiger partial charge in [-0.25, -0.2) is 4.68 Å². The van der Waals surface area contributed by atoms with Gasteiger partial charge < -0.3 is 11.1 Å². The Hall–Kier alpha value is -3.45. The van der Waals surface area contributed by atoms with Crippen LogP contribution in [0.15, 0.2) is 66.7 Å². The van der Waals surface area contributed by atoms with E-state index in [-0.39, 0.29) is 25.0 Å². The number of rotatable bonds is 8. The van der Waals surface area contributed by atoms with Crippen LogP contribution in [0.25, 0.3) is 16.9 Å². The Morgan fingerprint density at radius 1 is 1.03 bits per heavy atom. The van der Waals surface area contributed by atoms with Gasteiger partial charge >= 0.3 is 0 Å². The molecule has 0 spiro atoms. The van der Waals surface area contributed by atoms with Gasteiger partial charge in [0.05, 0.1) is 24.5 Å². The molecule has 0 aliphatic carbocycles. The summed E-state index contributed by atoms with van der Waals surface area (Å²) >= 11 is 0. The number of anilines is 1. The first-order valence-corrected chi connectivity index (χ1v) is 9.47. The number of hydrogen-bond donors (Lipinski definition) is 2. The molecule has 2 aromatic carbocycles. The van der Waals surface area contributed by atoms with E-state index in [1.165, 1.54) is 0 Å². The van der Waals surface area contributed by atoms with Crippen molar-refractivity contribution >= 4 is 17.6 Å². The Kier molecular flexibility index (Phi) is 6.41. The fraction of sp³-hybridized carbons (Fsp3) is 0.227. The molecule has 7 heteroatoms. The highest BCUT2D eigenvalue weighted by Crippen LogP contribution is 2.24. The standard InChI is InChI=1S/C22H25N5O2/c1-16(2)26(14-20(23)28)15-22(29)24-21-13-19(17-9-5-3-6-10-17)25-27(21)18-11-7-4-8-12-18/h3-13,16H,14-15H2,1-2H3,(H2,23,28)(H,24,29). The van der Waals surface area contributed by atoms with E-state index >= 15 is 0 Å². The van der Waals surface area contributed by atoms with E-state index in [4.69, 9.17) is 5.73 Å². The van der Waals surface area contributed by atoms with Gasteiger partial charge in [-0.15, -0.1) is 0 Å². The van der Waals surface area contributed by atoms with Crippen LogP contribution in [-0.2, 0) is 9.59 Å². The van der Waals surface area contributed by atoms with Crippen molar-refractivity contribution in [2.75, 3.05) is 18.4 Å². The van der Waals surface area contributed by atoms with Crippen LogP contribution in [0.4, 0.5) is 5.82 Å². The quantitative estimate of drug-likeness (QED) is 0.617. The highest BCUT2D eigenvalue weighted by Gasteiger charge is 2.18. The van der Waals surface area contributed by atoms with Crippen molar-refractivity contribution in [2.45, 2.75) is 19.9 Å². The highest BCUT2D eigenvalue weighted by atomic mass is 16.2. The average molecular weight is 391 g/mol. The second kappa shape index (κ2) is 9.16. The van der Waals surface area contributed by atoms with Crippen molar-refractivity contribution in [3.05, 3.63) is 66.7 Å². The number of primary amides is 1. The third-order valence-electron chi connectivity index (χ3n) is 4.48. The predicted molar refractivity (Wildman–Crippen MR) is 114 cm³/mol. The van der Waals surface area contributed by atoms with Crippen LogP contribution in [0.5, 0.6) is 0 Å². The molecule has 2 amide bonds. The number of aromatic nitrogens is 2. The Bertz CT molecular complexity index is 967. The van der Waals surface area contributed by atoms with Crippen LogP contribution >= 0.6 is 0 Å². The fourth-order valence-corrected chi connectivity index (χ4v) is 2.97. The largest absolute Gasteiger partial charge is 0.369 e. The number of carbonyl (C=O) groups is 2. The summed E-state index contributed by atoms with van der Waals surface area (Å²) in [6, 6.07) is 21.2. The zero-order valence-electron chi connectivity index (χ0n) is 16.6. The van der Waals surface area contributed by atoms with Gasteiger partial charge in [0.1, 0.15) is 5.82 Å². The first kappa shape index (κ1) is 20.3. The zero-order chi connectivity index (χ0) is 20.8. The number of amides is 2. The number of nitrogens with two attached hydrogens (primary N) is 1. The van der Waals surface area contributed by atoms with Crippen molar-refractivity contribution in [3.63, 3.8) is 0 Å². The number of para-hydroxylation sites is 1. The van der Waals surface area contributed by atoms with Crippen LogP contribution in [0.3, 0.4) is 0 Å². The molecule has 150 valence electrons. The number of benzene rings is 2. The van der Waals surface area contributed by atoms with Gasteiger partial charge in [0, 0.05) is 17.7 Å². The number of hydrogen-bond acceptors (Lipinski definition) is 4. The summed E-state index contributed by atoms with van der Waals surface area (Å²) in [7, 11) is 0. The summed E-state index contributed by atoms with van der Waals surface area (Å²) < 4.78 is 1.70. The van der Waals surface area contributed by atoms with E-state index in [1.54, 1.807) is 9.58 Å². The predicted octanol–water partition coefficient (Wildman–Crippen LogP) is 2.67. The third kappa shape index (κ3) is 5.30. The maximum atomic E-state index is 12.7. The van der Waals surface area contributed by atoms with E-state index in [9.17, 15) is 9.59 Å². The molecule has 3 N–H and O–H groups in total. The summed E-state index contributed by atoms with van der Waals surface area (Å²) in [5.41, 5.74) is 7.84. The van der Waals surface area contributed by atoms with E-state index in [2.05, 4.69) is 10.4 Å². The first-order chi connectivity index (χ1) is 13.9. The molecule has 3 rings (SSSR count). The van der Waals surface area contributed by atoms with Gasteiger partial charge in [0.15, 0.2) is 0 Å². The molecule has 0 aliphatic rings. The summed E-state index contributed by atoms with van der Waals surface area (Å²) in [5.74, 6) is -0.147. The zero-order valence-corrected chi connectivity index (χ0v) is 16.6. The lowest BCUT2D eigenvalue weighted by molar-refractivity contribution is -0.121. The minimum atomic E-state index is -0.466. The van der Waals surface area contributed by atoms with Crippen molar-refractivity contribution < 1.29 is 9.59 Å². The molecule has 0 saturated heterocycles. The van der Waals surface area contributed by atoms with Gasteiger partial charge in [-0.3, -0.25) is 14.5 Å². The molecule has 7 nitrogen and oxygen atoms in total. The molecule has 3 aromatic rings. The van der Waals surface area contributed by atoms with Gasteiger partial charge in [-0.2, -0.15) is 5.10 Å². The minimum absolute atomic E-state index is 0.00663. The summed E-state index contributed by atoms with van der Waals surface area (Å²) in [4.78, 5) is 25.7. The van der Waals surface area contributed by atoms with Crippen LogP contribution in [0.2, 0.25) is 0 Å². The van der Waals surface area contributed by atoms with Crippen molar-refractivity contribution in [1.82, 2.24) is 14.7 Å². The second-order valence-corrected chi connectivity index (χ2v) is 7.04. The minimum Gasteiger partial charge on any atom is -0.369 e. The summed E-state index contributed by atoms with van der Waals surface area (Å²) in [6.45, 7) is 3.91. The first-order valence-electron chi connectivity index (χ1n) is 9.47. The van der Waals surface area contributed by atoms with Crippen LogP contribution in [0, 0.1) is 0 Å². The molecule has 0 atom stereocenters. The molecular formula is C22H25N5O2. The van der Waals surface area contributed by atoms with Gasteiger partial charge in [0.2, 0.25) is 11.8 Å². The van der Waals surface area contributed by atoms with Crippen molar-refractivity contribution in [1.29, 1.82) is 0 Å². The molecule has 0 saturated carbocycles. The SMILES string of the molecule is CC(C)N(CC(N)=O)CC(=O)Nc1cc(-c2ccccc2)nn1-c1ccccc1.